The molecule has 1 aromatic carbocycles. The van der Waals surface area contributed by atoms with Gasteiger partial charge < -0.3 is 20.7 Å². The quantitative estimate of drug-likeness (QED) is 0.652. The number of methoxy groups -OCH3 is 1. The predicted octanol–water partition coefficient (Wildman–Crippen LogP) is 2.09. The number of nitrogens with one attached hydrogen (secondary N) is 3. The molecule has 0 atom stereocenters. The number of hydrogen-bond acceptors (Lipinski definition) is 5. The lowest BCUT2D eigenvalue weighted by Crippen LogP contribution is -2.49. The van der Waals surface area contributed by atoms with Gasteiger partial charge in [-0.15, -0.1) is 0 Å². The van der Waals surface area contributed by atoms with Crippen molar-refractivity contribution < 1.29 is 23.9 Å². The lowest BCUT2D eigenvalue weighted by atomic mass is 9.77. The first-order valence-electron chi connectivity index (χ1n) is 9.63. The van der Waals surface area contributed by atoms with Crippen molar-refractivity contribution in [3.8, 4) is 5.75 Å². The number of anilines is 2. The SMILES string of the molecule is COc1ccc(NC(C)=O)cc1NC(=O)CN1C(=O)NC2(CCC(C)CC2)C1=O. The molecule has 9 heteroatoms. The summed E-state index contributed by atoms with van der Waals surface area (Å²) in [6.07, 6.45) is 2.89. The summed E-state index contributed by atoms with van der Waals surface area (Å²) in [5.41, 5.74) is -0.0664. The number of urea groups is 1. The van der Waals surface area contributed by atoms with E-state index < -0.39 is 24.0 Å². The molecule has 3 N–H and O–H groups in total. The van der Waals surface area contributed by atoms with Crippen LogP contribution in [-0.4, -0.2) is 47.8 Å². The van der Waals surface area contributed by atoms with Crippen molar-refractivity contribution in [2.75, 3.05) is 24.3 Å². The maximum atomic E-state index is 12.9. The van der Waals surface area contributed by atoms with Crippen LogP contribution in [0.5, 0.6) is 5.75 Å². The van der Waals surface area contributed by atoms with Crippen molar-refractivity contribution in [2.24, 2.45) is 5.92 Å². The molecule has 0 unspecified atom stereocenters. The van der Waals surface area contributed by atoms with E-state index in [9.17, 15) is 19.2 Å². The highest BCUT2D eigenvalue weighted by Gasteiger charge is 2.52. The number of amides is 5. The van der Waals surface area contributed by atoms with Crippen LogP contribution < -0.4 is 20.7 Å². The second kappa shape index (κ2) is 8.10. The standard InChI is InChI=1S/C20H26N4O5/c1-12-6-8-20(9-7-12)18(27)24(19(28)23-20)11-17(26)22-15-10-14(21-13(2)25)4-5-16(15)29-3/h4-5,10,12H,6-9,11H2,1-3H3,(H,21,25)(H,22,26)(H,23,28). The molecule has 156 valence electrons. The van der Waals surface area contributed by atoms with E-state index in [0.29, 0.717) is 35.9 Å². The number of imide groups is 1. The van der Waals surface area contributed by atoms with Gasteiger partial charge in [0.1, 0.15) is 17.8 Å². The van der Waals surface area contributed by atoms with Crippen LogP contribution in [0.2, 0.25) is 0 Å². The highest BCUT2D eigenvalue weighted by molar-refractivity contribution is 6.10. The van der Waals surface area contributed by atoms with E-state index in [2.05, 4.69) is 22.9 Å². The van der Waals surface area contributed by atoms with E-state index in [1.165, 1.54) is 14.0 Å². The zero-order valence-electron chi connectivity index (χ0n) is 16.8. The average Bonchev–Trinajstić information content (AvgIpc) is 2.88. The van der Waals surface area contributed by atoms with Crippen LogP contribution in [0.4, 0.5) is 16.2 Å². The summed E-state index contributed by atoms with van der Waals surface area (Å²) in [6, 6.07) is 4.25. The third-order valence-electron chi connectivity index (χ3n) is 5.47. The van der Waals surface area contributed by atoms with Crippen molar-refractivity contribution in [3.63, 3.8) is 0 Å². The van der Waals surface area contributed by atoms with Crippen LogP contribution >= 0.6 is 0 Å². The largest absolute Gasteiger partial charge is 0.495 e. The van der Waals surface area contributed by atoms with Crippen LogP contribution in [0, 0.1) is 5.92 Å². The Labute approximate surface area is 169 Å². The summed E-state index contributed by atoms with van der Waals surface area (Å²) in [5.74, 6) is -0.219. The predicted molar refractivity (Wildman–Crippen MR) is 107 cm³/mol. The van der Waals surface area contributed by atoms with E-state index in [0.717, 1.165) is 17.7 Å². The summed E-state index contributed by atoms with van der Waals surface area (Å²) in [7, 11) is 1.45. The molecule has 1 saturated carbocycles. The number of rotatable bonds is 5. The molecule has 1 aromatic rings. The molecule has 3 rings (SSSR count). The van der Waals surface area contributed by atoms with Crippen molar-refractivity contribution in [3.05, 3.63) is 18.2 Å². The molecule has 9 nitrogen and oxygen atoms in total. The molecule has 2 fully saturated rings. The van der Waals surface area contributed by atoms with Gasteiger partial charge in [0.15, 0.2) is 0 Å². The number of hydrogen-bond donors (Lipinski definition) is 3. The van der Waals surface area contributed by atoms with E-state index in [-0.39, 0.29) is 11.8 Å². The molecule has 1 aliphatic carbocycles. The third kappa shape index (κ3) is 4.33. The summed E-state index contributed by atoms with van der Waals surface area (Å²) < 4.78 is 5.23. The summed E-state index contributed by atoms with van der Waals surface area (Å²) in [4.78, 5) is 50.0. The minimum absolute atomic E-state index is 0.251. The zero-order valence-corrected chi connectivity index (χ0v) is 16.8. The van der Waals surface area contributed by atoms with E-state index in [4.69, 9.17) is 4.74 Å². The van der Waals surface area contributed by atoms with Gasteiger partial charge >= 0.3 is 6.03 Å². The molecular formula is C20H26N4O5. The number of benzene rings is 1. The molecule has 1 spiro atoms. The minimum Gasteiger partial charge on any atom is -0.495 e. The molecule has 0 radical (unpaired) electrons. The van der Waals surface area contributed by atoms with Gasteiger partial charge in [0.25, 0.3) is 5.91 Å². The Morgan fingerprint density at radius 2 is 1.93 bits per heavy atom. The fourth-order valence-electron chi connectivity index (χ4n) is 3.83. The van der Waals surface area contributed by atoms with Crippen LogP contribution in [0.15, 0.2) is 18.2 Å². The molecule has 29 heavy (non-hydrogen) atoms. The van der Waals surface area contributed by atoms with Crippen LogP contribution in [0.1, 0.15) is 39.5 Å². The summed E-state index contributed by atoms with van der Waals surface area (Å²) in [5, 5.41) is 8.07. The molecule has 1 heterocycles. The maximum Gasteiger partial charge on any atom is 0.325 e. The van der Waals surface area contributed by atoms with Gasteiger partial charge in [0.2, 0.25) is 11.8 Å². The van der Waals surface area contributed by atoms with Gasteiger partial charge in [-0.1, -0.05) is 6.92 Å². The Bertz CT molecular complexity index is 845. The Hall–Kier alpha value is -3.10. The zero-order chi connectivity index (χ0) is 21.2. The number of nitrogens with zero attached hydrogens (tertiary/aromatic N) is 1. The summed E-state index contributed by atoms with van der Waals surface area (Å²) >= 11 is 0. The van der Waals surface area contributed by atoms with Crippen molar-refractivity contribution in [1.29, 1.82) is 0 Å². The lowest BCUT2D eigenvalue weighted by molar-refractivity contribution is -0.135. The van der Waals surface area contributed by atoms with E-state index in [1.54, 1.807) is 18.2 Å². The minimum atomic E-state index is -0.882. The molecule has 1 aliphatic heterocycles. The Balaban J connectivity index is 1.70. The first-order valence-corrected chi connectivity index (χ1v) is 9.63. The lowest BCUT2D eigenvalue weighted by Gasteiger charge is -2.33. The molecule has 0 bridgehead atoms. The van der Waals surface area contributed by atoms with Gasteiger partial charge in [0, 0.05) is 12.6 Å². The summed E-state index contributed by atoms with van der Waals surface area (Å²) in [6.45, 7) is 3.11. The molecule has 5 amide bonds. The monoisotopic (exact) mass is 402 g/mol. The highest BCUT2D eigenvalue weighted by Crippen LogP contribution is 2.36. The molecular weight excluding hydrogens is 376 g/mol. The molecule has 0 aromatic heterocycles. The van der Waals surface area contributed by atoms with Crippen LogP contribution in [0.25, 0.3) is 0 Å². The van der Waals surface area contributed by atoms with Crippen LogP contribution in [0.3, 0.4) is 0 Å². The average molecular weight is 402 g/mol. The van der Waals surface area contributed by atoms with Gasteiger partial charge in [-0.05, 0) is 49.8 Å². The number of carbonyl (C=O) groups excluding carboxylic acids is 4. The number of carbonyl (C=O) groups is 4. The maximum absolute atomic E-state index is 12.9. The van der Waals surface area contributed by atoms with Crippen molar-refractivity contribution in [1.82, 2.24) is 10.2 Å². The van der Waals surface area contributed by atoms with E-state index >= 15 is 0 Å². The van der Waals surface area contributed by atoms with Crippen molar-refractivity contribution >= 4 is 35.1 Å². The Kier molecular flexibility index (Phi) is 5.76. The number of ether oxygens (including phenoxy) is 1. The second-order valence-corrected chi connectivity index (χ2v) is 7.73. The second-order valence-electron chi connectivity index (χ2n) is 7.73. The Morgan fingerprint density at radius 3 is 2.55 bits per heavy atom. The fraction of sp³-hybridized carbons (Fsp3) is 0.500. The highest BCUT2D eigenvalue weighted by atomic mass is 16.5. The van der Waals surface area contributed by atoms with Gasteiger partial charge in [-0.25, -0.2) is 4.79 Å². The van der Waals surface area contributed by atoms with Gasteiger partial charge in [-0.2, -0.15) is 0 Å². The van der Waals surface area contributed by atoms with E-state index in [1.807, 2.05) is 0 Å². The normalized spacial score (nSPS) is 23.7. The smallest absolute Gasteiger partial charge is 0.325 e. The van der Waals surface area contributed by atoms with Gasteiger partial charge in [-0.3, -0.25) is 19.3 Å². The fourth-order valence-corrected chi connectivity index (χ4v) is 3.83. The van der Waals surface area contributed by atoms with Gasteiger partial charge in [0.05, 0.1) is 12.8 Å². The van der Waals surface area contributed by atoms with Crippen molar-refractivity contribution in [2.45, 2.75) is 45.1 Å². The third-order valence-corrected chi connectivity index (χ3v) is 5.47. The topological polar surface area (TPSA) is 117 Å². The molecule has 2 aliphatic rings. The first-order chi connectivity index (χ1) is 13.7. The Morgan fingerprint density at radius 1 is 1.24 bits per heavy atom. The first kappa shape index (κ1) is 20.6. The van der Waals surface area contributed by atoms with Crippen LogP contribution in [-0.2, 0) is 14.4 Å². The molecule has 1 saturated heterocycles.